The zero-order valence-electron chi connectivity index (χ0n) is 15.4. The maximum Gasteiger partial charge on any atom is 0.225 e. The van der Waals surface area contributed by atoms with Crippen LogP contribution in [0.3, 0.4) is 0 Å². The molecule has 0 spiro atoms. The molecule has 3 fully saturated rings. The van der Waals surface area contributed by atoms with Crippen LogP contribution in [0.25, 0.3) is 0 Å². The number of anilines is 1. The molecule has 25 heavy (non-hydrogen) atoms. The van der Waals surface area contributed by atoms with Crippen molar-refractivity contribution in [2.24, 2.45) is 11.8 Å². The molecule has 2 saturated heterocycles. The Labute approximate surface area is 150 Å². The molecule has 136 valence electrons. The van der Waals surface area contributed by atoms with E-state index in [0.717, 1.165) is 44.5 Å². The Morgan fingerprint density at radius 2 is 1.80 bits per heavy atom. The van der Waals surface area contributed by atoms with E-state index in [1.54, 1.807) is 12.1 Å². The molecule has 0 aromatic heterocycles. The van der Waals surface area contributed by atoms with Gasteiger partial charge in [0.05, 0.1) is 0 Å². The SMILES string of the molecule is CC1(C)C[C@@H]2CN(C(=O)C3CCCC3)CC[C@@H]2N1c1ccc(F)cc1. The van der Waals surface area contributed by atoms with E-state index in [1.165, 1.54) is 12.8 Å². The second-order valence-corrected chi connectivity index (χ2v) is 8.74. The van der Waals surface area contributed by atoms with E-state index in [-0.39, 0.29) is 17.3 Å². The molecule has 0 bridgehead atoms. The van der Waals surface area contributed by atoms with Gasteiger partial charge < -0.3 is 9.80 Å². The number of hydrogen-bond acceptors (Lipinski definition) is 2. The fourth-order valence-electron chi connectivity index (χ4n) is 5.52. The van der Waals surface area contributed by atoms with Crippen LogP contribution in [0.4, 0.5) is 10.1 Å². The fourth-order valence-corrected chi connectivity index (χ4v) is 5.52. The molecule has 3 aliphatic rings. The Morgan fingerprint density at radius 3 is 2.48 bits per heavy atom. The number of carbonyl (C=O) groups excluding carboxylic acids is 1. The molecule has 2 aliphatic heterocycles. The molecule has 4 rings (SSSR count). The number of hydrogen-bond donors (Lipinski definition) is 0. The first-order valence-electron chi connectivity index (χ1n) is 9.79. The minimum atomic E-state index is -0.186. The van der Waals surface area contributed by atoms with Crippen molar-refractivity contribution in [2.45, 2.75) is 64.0 Å². The molecule has 2 atom stereocenters. The Balaban J connectivity index is 1.51. The molecule has 1 saturated carbocycles. The number of halogens is 1. The van der Waals surface area contributed by atoms with E-state index in [9.17, 15) is 9.18 Å². The number of piperidine rings is 1. The van der Waals surface area contributed by atoms with Gasteiger partial charge in [0.1, 0.15) is 5.82 Å². The van der Waals surface area contributed by atoms with Crippen molar-refractivity contribution in [3.8, 4) is 0 Å². The minimum Gasteiger partial charge on any atom is -0.363 e. The smallest absolute Gasteiger partial charge is 0.225 e. The van der Waals surface area contributed by atoms with Crippen molar-refractivity contribution in [2.75, 3.05) is 18.0 Å². The van der Waals surface area contributed by atoms with Gasteiger partial charge in [-0.15, -0.1) is 0 Å². The molecule has 1 aromatic rings. The predicted molar refractivity (Wildman–Crippen MR) is 98.0 cm³/mol. The third-order valence-electron chi connectivity index (χ3n) is 6.56. The first-order chi connectivity index (χ1) is 12.0. The summed E-state index contributed by atoms with van der Waals surface area (Å²) in [7, 11) is 0. The van der Waals surface area contributed by atoms with Crippen LogP contribution in [-0.4, -0.2) is 35.5 Å². The lowest BCUT2D eigenvalue weighted by atomic mass is 9.89. The number of benzene rings is 1. The van der Waals surface area contributed by atoms with Gasteiger partial charge in [-0.2, -0.15) is 0 Å². The average molecular weight is 344 g/mol. The van der Waals surface area contributed by atoms with E-state index in [4.69, 9.17) is 0 Å². The van der Waals surface area contributed by atoms with Crippen LogP contribution in [0.15, 0.2) is 24.3 Å². The Bertz CT molecular complexity index is 636. The predicted octanol–water partition coefficient (Wildman–Crippen LogP) is 4.22. The van der Waals surface area contributed by atoms with Crippen LogP contribution in [0.1, 0.15) is 52.4 Å². The van der Waals surface area contributed by atoms with Gasteiger partial charge in [0.25, 0.3) is 0 Å². The highest BCUT2D eigenvalue weighted by Crippen LogP contribution is 2.45. The van der Waals surface area contributed by atoms with Crippen molar-refractivity contribution in [1.29, 1.82) is 0 Å². The summed E-state index contributed by atoms with van der Waals surface area (Å²) >= 11 is 0. The fraction of sp³-hybridized carbons (Fsp3) is 0.667. The first-order valence-corrected chi connectivity index (χ1v) is 9.79. The summed E-state index contributed by atoms with van der Waals surface area (Å²) in [6.07, 6.45) is 6.68. The van der Waals surface area contributed by atoms with Gasteiger partial charge in [-0.3, -0.25) is 4.79 Å². The number of carbonyl (C=O) groups is 1. The Kier molecular flexibility index (Phi) is 4.25. The molecule has 1 aromatic carbocycles. The zero-order chi connectivity index (χ0) is 17.6. The van der Waals surface area contributed by atoms with E-state index in [0.29, 0.717) is 17.9 Å². The van der Waals surface area contributed by atoms with Gasteiger partial charge in [0.15, 0.2) is 0 Å². The molecule has 0 radical (unpaired) electrons. The Morgan fingerprint density at radius 1 is 1.12 bits per heavy atom. The molecule has 1 amide bonds. The monoisotopic (exact) mass is 344 g/mol. The number of amides is 1. The number of rotatable bonds is 2. The summed E-state index contributed by atoms with van der Waals surface area (Å²) in [5, 5.41) is 0. The molecule has 4 heteroatoms. The summed E-state index contributed by atoms with van der Waals surface area (Å²) in [6.45, 7) is 6.31. The van der Waals surface area contributed by atoms with Crippen LogP contribution in [0.2, 0.25) is 0 Å². The molecule has 2 heterocycles. The third kappa shape index (κ3) is 3.04. The zero-order valence-corrected chi connectivity index (χ0v) is 15.4. The summed E-state index contributed by atoms with van der Waals surface area (Å²) in [6, 6.07) is 7.35. The highest BCUT2D eigenvalue weighted by Gasteiger charge is 2.49. The summed E-state index contributed by atoms with van der Waals surface area (Å²) in [5.41, 5.74) is 1.15. The lowest BCUT2D eigenvalue weighted by Gasteiger charge is -2.42. The van der Waals surface area contributed by atoms with Gasteiger partial charge in [0, 0.05) is 36.3 Å². The van der Waals surface area contributed by atoms with Gasteiger partial charge in [0.2, 0.25) is 5.91 Å². The number of likely N-dealkylation sites (tertiary alicyclic amines) is 1. The van der Waals surface area contributed by atoms with Crippen LogP contribution >= 0.6 is 0 Å². The third-order valence-corrected chi connectivity index (χ3v) is 6.56. The highest BCUT2D eigenvalue weighted by molar-refractivity contribution is 5.79. The van der Waals surface area contributed by atoms with E-state index in [1.807, 2.05) is 12.1 Å². The topological polar surface area (TPSA) is 23.6 Å². The Hall–Kier alpha value is -1.58. The minimum absolute atomic E-state index is 0.0412. The first kappa shape index (κ1) is 16.9. The summed E-state index contributed by atoms with van der Waals surface area (Å²) < 4.78 is 13.3. The second kappa shape index (κ2) is 6.30. The maximum atomic E-state index is 13.3. The van der Waals surface area contributed by atoms with Crippen LogP contribution < -0.4 is 4.90 Å². The van der Waals surface area contributed by atoms with Crippen LogP contribution in [0.5, 0.6) is 0 Å². The molecule has 0 unspecified atom stereocenters. The van der Waals surface area contributed by atoms with Crippen molar-refractivity contribution < 1.29 is 9.18 Å². The van der Waals surface area contributed by atoms with Gasteiger partial charge >= 0.3 is 0 Å². The van der Waals surface area contributed by atoms with E-state index >= 15 is 0 Å². The van der Waals surface area contributed by atoms with Gasteiger partial charge in [-0.05, 0) is 69.7 Å². The summed E-state index contributed by atoms with van der Waals surface area (Å²) in [5.74, 6) is 1.00. The quantitative estimate of drug-likeness (QED) is 0.802. The lowest BCUT2D eigenvalue weighted by Crippen LogP contribution is -2.51. The summed E-state index contributed by atoms with van der Waals surface area (Å²) in [4.78, 5) is 17.4. The van der Waals surface area contributed by atoms with E-state index in [2.05, 4.69) is 23.6 Å². The lowest BCUT2D eigenvalue weighted by molar-refractivity contribution is -0.137. The van der Waals surface area contributed by atoms with Crippen molar-refractivity contribution in [3.63, 3.8) is 0 Å². The van der Waals surface area contributed by atoms with Crippen molar-refractivity contribution in [3.05, 3.63) is 30.1 Å². The van der Waals surface area contributed by atoms with E-state index < -0.39 is 0 Å². The van der Waals surface area contributed by atoms with Crippen molar-refractivity contribution >= 4 is 11.6 Å². The largest absolute Gasteiger partial charge is 0.363 e. The highest BCUT2D eigenvalue weighted by atomic mass is 19.1. The molecular weight excluding hydrogens is 315 g/mol. The molecular formula is C21H29FN2O. The number of fused-ring (bicyclic) bond motifs is 1. The average Bonchev–Trinajstić information content (AvgIpc) is 3.19. The molecule has 1 aliphatic carbocycles. The van der Waals surface area contributed by atoms with Crippen LogP contribution in [-0.2, 0) is 4.79 Å². The van der Waals surface area contributed by atoms with Crippen LogP contribution in [0, 0.1) is 17.7 Å². The number of nitrogens with zero attached hydrogens (tertiary/aromatic N) is 2. The van der Waals surface area contributed by atoms with Gasteiger partial charge in [-0.1, -0.05) is 12.8 Å². The molecule has 3 nitrogen and oxygen atoms in total. The normalized spacial score (nSPS) is 29.1. The van der Waals surface area contributed by atoms with Gasteiger partial charge in [-0.25, -0.2) is 4.39 Å². The van der Waals surface area contributed by atoms with Crippen molar-refractivity contribution in [1.82, 2.24) is 4.90 Å². The maximum absolute atomic E-state index is 13.3. The standard InChI is InChI=1S/C21H29FN2O/c1-21(2)13-16-14-23(20(25)15-5-3-4-6-15)12-11-19(16)24(21)18-9-7-17(22)8-10-18/h7-10,15-16,19H,3-6,11-14H2,1-2H3/t16-,19+/m1/s1. The second-order valence-electron chi connectivity index (χ2n) is 8.74. The molecule has 0 N–H and O–H groups in total.